The second-order valence-corrected chi connectivity index (χ2v) is 7.37. The number of cyclic esters (lactones) is 1. The van der Waals surface area contributed by atoms with E-state index in [1.54, 1.807) is 31.3 Å². The molecule has 0 aliphatic carbocycles. The summed E-state index contributed by atoms with van der Waals surface area (Å²) >= 11 is 0. The molecule has 1 aliphatic rings. The van der Waals surface area contributed by atoms with Gasteiger partial charge in [0.05, 0.1) is 25.3 Å². The number of carbonyl (C=O) groups excluding carboxylic acids is 3. The molecule has 1 fully saturated rings. The highest BCUT2D eigenvalue weighted by atomic mass is 19.1. The van der Waals surface area contributed by atoms with Crippen LogP contribution in [0.3, 0.4) is 0 Å². The zero-order valence-electron chi connectivity index (χ0n) is 17.4. The number of anilines is 1. The van der Waals surface area contributed by atoms with Crippen molar-refractivity contribution >= 4 is 23.6 Å². The van der Waals surface area contributed by atoms with Crippen LogP contribution in [0.4, 0.5) is 14.9 Å². The molecular weight excluding hydrogens is 403 g/mol. The molecule has 0 unspecified atom stereocenters. The van der Waals surface area contributed by atoms with Crippen LogP contribution in [-0.2, 0) is 20.9 Å². The number of carbonyl (C=O) groups is 3. The Balaban J connectivity index is 1.70. The van der Waals surface area contributed by atoms with Crippen molar-refractivity contribution in [3.63, 3.8) is 0 Å². The summed E-state index contributed by atoms with van der Waals surface area (Å²) in [6.07, 6.45) is -1.07. The van der Waals surface area contributed by atoms with Gasteiger partial charge in [-0.05, 0) is 29.3 Å². The van der Waals surface area contributed by atoms with Crippen LogP contribution >= 0.6 is 0 Å². The van der Waals surface area contributed by atoms with Gasteiger partial charge in [0, 0.05) is 26.1 Å². The van der Waals surface area contributed by atoms with Gasteiger partial charge in [0.2, 0.25) is 11.8 Å². The van der Waals surface area contributed by atoms with Crippen molar-refractivity contribution < 1.29 is 23.5 Å². The molecule has 1 atom stereocenters. The SMILES string of the molecule is CC(=O)NC[C@H]1CN(c2ccc(-c3ccc(CN(C)C(=O)CN)cc3)c(F)c2)C(=O)O1. The van der Waals surface area contributed by atoms with Gasteiger partial charge in [-0.3, -0.25) is 14.5 Å². The van der Waals surface area contributed by atoms with Crippen LogP contribution in [0.1, 0.15) is 12.5 Å². The van der Waals surface area contributed by atoms with Gasteiger partial charge in [0.1, 0.15) is 11.9 Å². The molecule has 1 heterocycles. The van der Waals surface area contributed by atoms with E-state index in [2.05, 4.69) is 5.32 Å². The summed E-state index contributed by atoms with van der Waals surface area (Å²) in [7, 11) is 1.67. The summed E-state index contributed by atoms with van der Waals surface area (Å²) in [5, 5.41) is 2.60. The molecule has 0 saturated carbocycles. The fraction of sp³-hybridized carbons (Fsp3) is 0.318. The second-order valence-electron chi connectivity index (χ2n) is 7.37. The first kappa shape index (κ1) is 22.2. The lowest BCUT2D eigenvalue weighted by Gasteiger charge is -2.17. The Kier molecular flexibility index (Phi) is 6.86. The Morgan fingerprint density at radius 3 is 2.58 bits per heavy atom. The van der Waals surface area contributed by atoms with Crippen molar-refractivity contribution in [2.24, 2.45) is 5.73 Å². The first-order chi connectivity index (χ1) is 14.8. The van der Waals surface area contributed by atoms with E-state index in [4.69, 9.17) is 10.5 Å². The van der Waals surface area contributed by atoms with E-state index in [1.165, 1.54) is 22.8 Å². The Bertz CT molecular complexity index is 980. The van der Waals surface area contributed by atoms with Gasteiger partial charge in [-0.15, -0.1) is 0 Å². The van der Waals surface area contributed by atoms with Crippen molar-refractivity contribution in [1.82, 2.24) is 10.2 Å². The maximum atomic E-state index is 14.8. The minimum atomic E-state index is -0.581. The third-order valence-electron chi connectivity index (χ3n) is 5.00. The van der Waals surface area contributed by atoms with Crippen LogP contribution in [0.25, 0.3) is 11.1 Å². The van der Waals surface area contributed by atoms with Gasteiger partial charge in [0.15, 0.2) is 0 Å². The number of likely N-dealkylation sites (N-methyl/N-ethyl adjacent to an activating group) is 1. The molecule has 0 bridgehead atoms. The van der Waals surface area contributed by atoms with Crippen LogP contribution < -0.4 is 16.0 Å². The third kappa shape index (κ3) is 5.37. The number of benzene rings is 2. The van der Waals surface area contributed by atoms with Gasteiger partial charge in [-0.25, -0.2) is 9.18 Å². The second kappa shape index (κ2) is 9.57. The van der Waals surface area contributed by atoms with Crippen molar-refractivity contribution in [3.05, 3.63) is 53.8 Å². The van der Waals surface area contributed by atoms with Gasteiger partial charge in [0.25, 0.3) is 0 Å². The normalized spacial score (nSPS) is 15.5. The molecule has 2 aromatic rings. The average Bonchev–Trinajstić information content (AvgIpc) is 3.12. The number of nitrogens with zero attached hydrogens (tertiary/aromatic N) is 2. The zero-order valence-corrected chi connectivity index (χ0v) is 17.4. The molecule has 0 radical (unpaired) electrons. The molecule has 1 saturated heterocycles. The number of amides is 3. The standard InChI is InChI=1S/C22H25FN4O4/c1-14(28)25-11-18-13-27(22(30)31-18)17-7-8-19(20(23)9-17)16-5-3-15(4-6-16)12-26(2)21(29)10-24/h3-9,18H,10-13,24H2,1-2H3,(H,25,28)/t18-/m0/s1. The van der Waals surface area contributed by atoms with Crippen molar-refractivity contribution in [3.8, 4) is 11.1 Å². The predicted octanol–water partition coefficient (Wildman–Crippen LogP) is 1.87. The molecule has 8 nitrogen and oxygen atoms in total. The first-order valence-corrected chi connectivity index (χ1v) is 9.84. The highest BCUT2D eigenvalue weighted by Gasteiger charge is 2.32. The Morgan fingerprint density at radius 2 is 1.97 bits per heavy atom. The molecule has 3 N–H and O–H groups in total. The molecule has 164 valence electrons. The fourth-order valence-corrected chi connectivity index (χ4v) is 3.31. The van der Waals surface area contributed by atoms with E-state index in [0.717, 1.165) is 5.56 Å². The molecular formula is C22H25FN4O4. The number of ether oxygens (including phenoxy) is 1. The molecule has 3 rings (SSSR count). The Hall–Kier alpha value is -3.46. The summed E-state index contributed by atoms with van der Waals surface area (Å²) in [4.78, 5) is 37.6. The molecule has 31 heavy (non-hydrogen) atoms. The number of rotatable bonds is 7. The summed E-state index contributed by atoms with van der Waals surface area (Å²) < 4.78 is 20.0. The van der Waals surface area contributed by atoms with Gasteiger partial charge < -0.3 is 20.7 Å². The summed E-state index contributed by atoms with van der Waals surface area (Å²) in [5.41, 5.74) is 7.71. The molecule has 1 aliphatic heterocycles. The lowest BCUT2D eigenvalue weighted by molar-refractivity contribution is -0.128. The number of nitrogens with one attached hydrogen (secondary N) is 1. The van der Waals surface area contributed by atoms with Crippen molar-refractivity contribution in [1.29, 1.82) is 0 Å². The molecule has 0 spiro atoms. The van der Waals surface area contributed by atoms with Crippen LogP contribution in [0.2, 0.25) is 0 Å². The fourth-order valence-electron chi connectivity index (χ4n) is 3.31. The van der Waals surface area contributed by atoms with E-state index in [1.807, 2.05) is 12.1 Å². The molecule has 2 aromatic carbocycles. The predicted molar refractivity (Wildman–Crippen MR) is 114 cm³/mol. The third-order valence-corrected chi connectivity index (χ3v) is 5.00. The van der Waals surface area contributed by atoms with E-state index in [-0.39, 0.29) is 31.4 Å². The van der Waals surface area contributed by atoms with Gasteiger partial charge in [-0.2, -0.15) is 0 Å². The van der Waals surface area contributed by atoms with Crippen LogP contribution in [0, 0.1) is 5.82 Å². The van der Waals surface area contributed by atoms with E-state index < -0.39 is 18.0 Å². The largest absolute Gasteiger partial charge is 0.442 e. The average molecular weight is 428 g/mol. The maximum Gasteiger partial charge on any atom is 0.414 e. The van der Waals surface area contributed by atoms with Crippen molar-refractivity contribution in [2.75, 3.05) is 31.6 Å². The Morgan fingerprint density at radius 1 is 1.26 bits per heavy atom. The first-order valence-electron chi connectivity index (χ1n) is 9.84. The van der Waals surface area contributed by atoms with E-state index in [0.29, 0.717) is 23.4 Å². The topological polar surface area (TPSA) is 105 Å². The lowest BCUT2D eigenvalue weighted by Crippen LogP contribution is -2.33. The zero-order chi connectivity index (χ0) is 22.5. The summed E-state index contributed by atoms with van der Waals surface area (Å²) in [5.74, 6) is -0.849. The number of hydrogen-bond donors (Lipinski definition) is 2. The van der Waals surface area contributed by atoms with Gasteiger partial charge >= 0.3 is 6.09 Å². The summed E-state index contributed by atoms with van der Waals surface area (Å²) in [6.45, 7) is 2.17. The smallest absolute Gasteiger partial charge is 0.414 e. The van der Waals surface area contributed by atoms with Crippen LogP contribution in [0.15, 0.2) is 42.5 Å². The highest BCUT2D eigenvalue weighted by molar-refractivity contribution is 5.90. The lowest BCUT2D eigenvalue weighted by atomic mass is 10.0. The van der Waals surface area contributed by atoms with Crippen LogP contribution in [-0.4, -0.2) is 55.6 Å². The van der Waals surface area contributed by atoms with Crippen molar-refractivity contribution in [2.45, 2.75) is 19.6 Å². The number of halogens is 1. The molecule has 9 heteroatoms. The van der Waals surface area contributed by atoms with E-state index >= 15 is 0 Å². The minimum Gasteiger partial charge on any atom is -0.442 e. The van der Waals surface area contributed by atoms with Crippen LogP contribution in [0.5, 0.6) is 0 Å². The minimum absolute atomic E-state index is 0.0509. The van der Waals surface area contributed by atoms with E-state index in [9.17, 15) is 18.8 Å². The number of hydrogen-bond acceptors (Lipinski definition) is 5. The quantitative estimate of drug-likeness (QED) is 0.701. The molecule has 0 aromatic heterocycles. The maximum absolute atomic E-state index is 14.8. The summed E-state index contributed by atoms with van der Waals surface area (Å²) in [6, 6.07) is 11.8. The number of nitrogens with two attached hydrogens (primary N) is 1. The monoisotopic (exact) mass is 428 g/mol. The van der Waals surface area contributed by atoms with Gasteiger partial charge in [-0.1, -0.05) is 24.3 Å². The molecule has 3 amide bonds. The highest BCUT2D eigenvalue weighted by Crippen LogP contribution is 2.29. The Labute approximate surface area is 179 Å².